The summed E-state index contributed by atoms with van der Waals surface area (Å²) >= 11 is 0. The molecule has 0 radical (unpaired) electrons. The summed E-state index contributed by atoms with van der Waals surface area (Å²) < 4.78 is 30.2. The van der Waals surface area contributed by atoms with Crippen molar-refractivity contribution in [2.24, 2.45) is 0 Å². The van der Waals surface area contributed by atoms with Crippen LogP contribution in [0.1, 0.15) is 0 Å². The summed E-state index contributed by atoms with van der Waals surface area (Å²) in [5.74, 6) is 0. The molecule has 0 bridgehead atoms. The predicted octanol–water partition coefficient (Wildman–Crippen LogP) is 0.387. The Morgan fingerprint density at radius 2 is 1.45 bits per heavy atom. The van der Waals surface area contributed by atoms with E-state index in [0.29, 0.717) is 0 Å². The topological polar surface area (TPSA) is 52.6 Å². The fourth-order valence-corrected chi connectivity index (χ4v) is 1.72. The van der Waals surface area contributed by atoms with E-state index in [2.05, 4.69) is 21.5 Å². The van der Waals surface area contributed by atoms with E-state index in [1.165, 1.54) is 12.2 Å². The van der Waals surface area contributed by atoms with Gasteiger partial charge in [0, 0.05) is 0 Å². The molecule has 1 aliphatic rings. The molecule has 1 fully saturated rings. The first-order valence-corrected chi connectivity index (χ1v) is 4.29. The van der Waals surface area contributed by atoms with Crippen molar-refractivity contribution in [1.82, 2.24) is 0 Å². The van der Waals surface area contributed by atoms with Gasteiger partial charge in [0.1, 0.15) is 12.2 Å². The normalized spacial score (nSPS) is 34.9. The second-order valence-electron chi connectivity index (χ2n) is 2.00. The standard InChI is InChI=1S/C6H8O4S/c1-3-5-6(4-2)10-11(7,8)9-5/h3-6H,1-2H2. The summed E-state index contributed by atoms with van der Waals surface area (Å²) in [5.41, 5.74) is 0. The molecule has 11 heavy (non-hydrogen) atoms. The van der Waals surface area contributed by atoms with Crippen molar-refractivity contribution < 1.29 is 16.8 Å². The monoisotopic (exact) mass is 176 g/mol. The molecule has 0 aromatic rings. The number of hydrogen-bond donors (Lipinski definition) is 0. The van der Waals surface area contributed by atoms with Gasteiger partial charge in [-0.05, 0) is 0 Å². The van der Waals surface area contributed by atoms with Gasteiger partial charge >= 0.3 is 10.4 Å². The molecule has 1 saturated heterocycles. The molecule has 2 atom stereocenters. The quantitative estimate of drug-likeness (QED) is 0.571. The van der Waals surface area contributed by atoms with Crippen LogP contribution in [-0.4, -0.2) is 20.6 Å². The second kappa shape index (κ2) is 2.77. The Hall–Kier alpha value is -0.650. The summed E-state index contributed by atoms with van der Waals surface area (Å²) in [4.78, 5) is 0. The van der Waals surface area contributed by atoms with Crippen LogP contribution in [0.3, 0.4) is 0 Å². The van der Waals surface area contributed by atoms with E-state index in [1.807, 2.05) is 0 Å². The van der Waals surface area contributed by atoms with Crippen LogP contribution < -0.4 is 0 Å². The van der Waals surface area contributed by atoms with Gasteiger partial charge in [-0.25, -0.2) is 8.37 Å². The van der Waals surface area contributed by atoms with Crippen LogP contribution in [0, 0.1) is 0 Å². The highest BCUT2D eigenvalue weighted by molar-refractivity contribution is 7.82. The molecule has 4 nitrogen and oxygen atoms in total. The molecule has 0 spiro atoms. The SMILES string of the molecule is C=CC1OS(=O)(=O)OC1C=C. The number of hydrogen-bond acceptors (Lipinski definition) is 4. The Morgan fingerprint density at radius 1 is 1.09 bits per heavy atom. The van der Waals surface area contributed by atoms with Crippen LogP contribution in [0.15, 0.2) is 25.3 Å². The number of rotatable bonds is 2. The fraction of sp³-hybridized carbons (Fsp3) is 0.333. The third kappa shape index (κ3) is 1.68. The highest BCUT2D eigenvalue weighted by atomic mass is 32.3. The van der Waals surface area contributed by atoms with Gasteiger partial charge in [0.25, 0.3) is 0 Å². The first kappa shape index (κ1) is 8.45. The Balaban J connectivity index is 2.86. The van der Waals surface area contributed by atoms with Crippen molar-refractivity contribution in [2.45, 2.75) is 12.2 Å². The van der Waals surface area contributed by atoms with E-state index >= 15 is 0 Å². The predicted molar refractivity (Wildman–Crippen MR) is 39.1 cm³/mol. The van der Waals surface area contributed by atoms with E-state index in [9.17, 15) is 8.42 Å². The van der Waals surface area contributed by atoms with Gasteiger partial charge in [-0.15, -0.1) is 13.2 Å². The van der Waals surface area contributed by atoms with Crippen LogP contribution in [0.2, 0.25) is 0 Å². The molecule has 0 aromatic heterocycles. The highest BCUT2D eigenvalue weighted by Gasteiger charge is 2.36. The largest absolute Gasteiger partial charge is 0.401 e. The lowest BCUT2D eigenvalue weighted by molar-refractivity contribution is 0.235. The van der Waals surface area contributed by atoms with E-state index in [4.69, 9.17) is 0 Å². The lowest BCUT2D eigenvalue weighted by Crippen LogP contribution is -2.16. The van der Waals surface area contributed by atoms with Gasteiger partial charge in [0.15, 0.2) is 0 Å². The smallest absolute Gasteiger partial charge is 0.237 e. The first-order valence-electron chi connectivity index (χ1n) is 2.95. The lowest BCUT2D eigenvalue weighted by Gasteiger charge is -2.02. The van der Waals surface area contributed by atoms with Crippen molar-refractivity contribution in [1.29, 1.82) is 0 Å². The Bertz CT molecular complexity index is 244. The summed E-state index contributed by atoms with van der Waals surface area (Å²) in [6.07, 6.45) is 1.43. The molecule has 2 unspecified atom stereocenters. The summed E-state index contributed by atoms with van der Waals surface area (Å²) in [6.45, 7) is 6.78. The summed E-state index contributed by atoms with van der Waals surface area (Å²) in [7, 11) is -3.81. The van der Waals surface area contributed by atoms with Gasteiger partial charge in [-0.3, -0.25) is 0 Å². The maximum absolute atomic E-state index is 10.6. The third-order valence-electron chi connectivity index (χ3n) is 1.25. The Labute approximate surface area is 65.4 Å². The second-order valence-corrected chi connectivity index (χ2v) is 3.20. The Kier molecular flexibility index (Phi) is 2.12. The molecule has 0 N–H and O–H groups in total. The minimum absolute atomic E-state index is 0.641. The van der Waals surface area contributed by atoms with Crippen molar-refractivity contribution in [2.75, 3.05) is 0 Å². The maximum Gasteiger partial charge on any atom is 0.401 e. The first-order chi connectivity index (χ1) is 5.09. The van der Waals surface area contributed by atoms with Gasteiger partial charge in [-0.2, -0.15) is 8.42 Å². The average molecular weight is 176 g/mol. The molecule has 0 aliphatic carbocycles. The molecule has 1 aliphatic heterocycles. The van der Waals surface area contributed by atoms with E-state index in [-0.39, 0.29) is 0 Å². The zero-order valence-corrected chi connectivity index (χ0v) is 6.58. The average Bonchev–Trinajstić information content (AvgIpc) is 2.25. The van der Waals surface area contributed by atoms with Gasteiger partial charge < -0.3 is 0 Å². The molecular formula is C6H8O4S. The third-order valence-corrected chi connectivity index (χ3v) is 2.16. The van der Waals surface area contributed by atoms with Crippen molar-refractivity contribution in [3.05, 3.63) is 25.3 Å². The van der Waals surface area contributed by atoms with E-state index in [1.54, 1.807) is 0 Å². The van der Waals surface area contributed by atoms with Gasteiger partial charge in [0.05, 0.1) is 0 Å². The van der Waals surface area contributed by atoms with Gasteiger partial charge in [-0.1, -0.05) is 12.2 Å². The van der Waals surface area contributed by atoms with Crippen LogP contribution in [0.5, 0.6) is 0 Å². The zero-order chi connectivity index (χ0) is 8.48. The van der Waals surface area contributed by atoms with Crippen molar-refractivity contribution >= 4 is 10.4 Å². The maximum atomic E-state index is 10.6. The molecule has 0 aromatic carbocycles. The molecule has 5 heteroatoms. The molecule has 1 rings (SSSR count). The minimum Gasteiger partial charge on any atom is -0.237 e. The molecule has 1 heterocycles. The molecule has 0 saturated carbocycles. The fourth-order valence-electron chi connectivity index (χ4n) is 0.751. The molecule has 62 valence electrons. The molecule has 0 amide bonds. The minimum atomic E-state index is -3.81. The molecular weight excluding hydrogens is 168 g/mol. The van der Waals surface area contributed by atoms with Gasteiger partial charge in [0.2, 0.25) is 0 Å². The zero-order valence-electron chi connectivity index (χ0n) is 5.76. The van der Waals surface area contributed by atoms with E-state index in [0.717, 1.165) is 0 Å². The van der Waals surface area contributed by atoms with E-state index < -0.39 is 22.6 Å². The van der Waals surface area contributed by atoms with Crippen molar-refractivity contribution in [3.63, 3.8) is 0 Å². The van der Waals surface area contributed by atoms with Crippen molar-refractivity contribution in [3.8, 4) is 0 Å². The Morgan fingerprint density at radius 3 is 1.73 bits per heavy atom. The summed E-state index contributed by atoms with van der Waals surface area (Å²) in [5, 5.41) is 0. The lowest BCUT2D eigenvalue weighted by atomic mass is 10.2. The van der Waals surface area contributed by atoms with Crippen LogP contribution in [0.4, 0.5) is 0 Å². The van der Waals surface area contributed by atoms with Crippen LogP contribution in [-0.2, 0) is 18.8 Å². The highest BCUT2D eigenvalue weighted by Crippen LogP contribution is 2.21. The van der Waals surface area contributed by atoms with Crippen LogP contribution in [0.25, 0.3) is 0 Å². The van der Waals surface area contributed by atoms with Crippen LogP contribution >= 0.6 is 0 Å². The summed E-state index contributed by atoms with van der Waals surface area (Å²) in [6, 6.07) is 0.